The van der Waals surface area contributed by atoms with E-state index >= 15 is 0 Å². The van der Waals surface area contributed by atoms with Crippen LogP contribution in [0.25, 0.3) is 17.0 Å². The first-order valence-electron chi connectivity index (χ1n) is 7.09. The SMILES string of the molecule is CC1(C)C=Cc2c(ccc3oc4c(c23)CCCC4)O1. The number of furan rings is 1. The van der Waals surface area contributed by atoms with Crippen molar-refractivity contribution in [1.82, 2.24) is 0 Å². The molecule has 0 radical (unpaired) electrons. The Morgan fingerprint density at radius 3 is 2.84 bits per heavy atom. The maximum atomic E-state index is 6.06. The molecule has 0 fully saturated rings. The highest BCUT2D eigenvalue weighted by Crippen LogP contribution is 2.41. The first-order valence-corrected chi connectivity index (χ1v) is 7.09. The number of hydrogen-bond donors (Lipinski definition) is 0. The first kappa shape index (κ1) is 11.2. The molecular formula is C17H18O2. The van der Waals surface area contributed by atoms with E-state index in [1.807, 2.05) is 6.07 Å². The Kier molecular flexibility index (Phi) is 2.15. The van der Waals surface area contributed by atoms with Crippen molar-refractivity contribution >= 4 is 17.0 Å². The normalized spacial score (nSPS) is 19.9. The van der Waals surface area contributed by atoms with E-state index in [-0.39, 0.29) is 5.60 Å². The molecule has 98 valence electrons. The largest absolute Gasteiger partial charge is 0.483 e. The Bertz CT molecular complexity index is 689. The van der Waals surface area contributed by atoms with E-state index in [0.717, 1.165) is 24.2 Å². The third-order valence-corrected chi connectivity index (χ3v) is 4.14. The van der Waals surface area contributed by atoms with Gasteiger partial charge in [-0.3, -0.25) is 0 Å². The summed E-state index contributed by atoms with van der Waals surface area (Å²) >= 11 is 0. The van der Waals surface area contributed by atoms with Crippen molar-refractivity contribution < 1.29 is 9.15 Å². The van der Waals surface area contributed by atoms with Crippen molar-refractivity contribution in [2.45, 2.75) is 45.1 Å². The van der Waals surface area contributed by atoms with Crippen LogP contribution in [0.4, 0.5) is 0 Å². The average molecular weight is 254 g/mol. The van der Waals surface area contributed by atoms with Crippen LogP contribution in [0.15, 0.2) is 22.6 Å². The van der Waals surface area contributed by atoms with Crippen molar-refractivity contribution in [2.24, 2.45) is 0 Å². The Morgan fingerprint density at radius 2 is 1.95 bits per heavy atom. The third-order valence-electron chi connectivity index (χ3n) is 4.14. The molecule has 0 bridgehead atoms. The van der Waals surface area contributed by atoms with Crippen molar-refractivity contribution in [3.05, 3.63) is 35.1 Å². The lowest BCUT2D eigenvalue weighted by Gasteiger charge is -2.28. The molecule has 1 aliphatic carbocycles. The number of fused-ring (bicyclic) bond motifs is 5. The van der Waals surface area contributed by atoms with Crippen LogP contribution in [-0.4, -0.2) is 5.60 Å². The van der Waals surface area contributed by atoms with Crippen LogP contribution >= 0.6 is 0 Å². The van der Waals surface area contributed by atoms with Crippen LogP contribution in [0.2, 0.25) is 0 Å². The van der Waals surface area contributed by atoms with Gasteiger partial charge in [0.25, 0.3) is 0 Å². The first-order chi connectivity index (χ1) is 9.14. The van der Waals surface area contributed by atoms with Gasteiger partial charge in [-0.05, 0) is 51.3 Å². The summed E-state index contributed by atoms with van der Waals surface area (Å²) in [4.78, 5) is 0. The summed E-state index contributed by atoms with van der Waals surface area (Å²) in [5.74, 6) is 2.17. The van der Waals surface area contributed by atoms with Gasteiger partial charge in [-0.15, -0.1) is 0 Å². The van der Waals surface area contributed by atoms with E-state index in [2.05, 4.69) is 32.1 Å². The fourth-order valence-electron chi connectivity index (χ4n) is 3.22. The standard InChI is InChI=1S/C17H18O2/c1-17(2)10-9-12-14(19-17)7-8-15-16(12)11-5-3-4-6-13(11)18-15/h7-10H,3-6H2,1-2H3. The van der Waals surface area contributed by atoms with Gasteiger partial charge in [0.15, 0.2) is 0 Å². The molecule has 0 spiro atoms. The van der Waals surface area contributed by atoms with E-state index in [4.69, 9.17) is 9.15 Å². The quantitative estimate of drug-likeness (QED) is 0.691. The van der Waals surface area contributed by atoms with Crippen LogP contribution in [0.5, 0.6) is 5.75 Å². The Morgan fingerprint density at radius 1 is 1.11 bits per heavy atom. The van der Waals surface area contributed by atoms with Gasteiger partial charge in [-0.1, -0.05) is 6.08 Å². The Hall–Kier alpha value is -1.70. The Balaban J connectivity index is 2.00. The summed E-state index contributed by atoms with van der Waals surface area (Å²) in [5.41, 5.74) is 3.40. The molecule has 2 heteroatoms. The highest BCUT2D eigenvalue weighted by Gasteiger charge is 2.26. The fraction of sp³-hybridized carbons (Fsp3) is 0.412. The predicted octanol–water partition coefficient (Wildman–Crippen LogP) is 4.50. The third kappa shape index (κ3) is 1.62. The molecule has 0 saturated carbocycles. The van der Waals surface area contributed by atoms with Crippen molar-refractivity contribution in [1.29, 1.82) is 0 Å². The van der Waals surface area contributed by atoms with Crippen LogP contribution in [0.3, 0.4) is 0 Å². The molecule has 1 aliphatic heterocycles. The summed E-state index contributed by atoms with van der Waals surface area (Å²) < 4.78 is 12.1. The van der Waals surface area contributed by atoms with Crippen LogP contribution in [0.1, 0.15) is 43.6 Å². The summed E-state index contributed by atoms with van der Waals surface area (Å²) in [7, 11) is 0. The number of aryl methyl sites for hydroxylation is 2. The van der Waals surface area contributed by atoms with Gasteiger partial charge in [0.05, 0.1) is 0 Å². The maximum Gasteiger partial charge on any atom is 0.135 e. The molecule has 19 heavy (non-hydrogen) atoms. The zero-order valence-corrected chi connectivity index (χ0v) is 11.5. The van der Waals surface area contributed by atoms with Crippen LogP contribution < -0.4 is 4.74 Å². The van der Waals surface area contributed by atoms with Gasteiger partial charge in [-0.2, -0.15) is 0 Å². The molecule has 2 nitrogen and oxygen atoms in total. The molecule has 0 unspecified atom stereocenters. The molecule has 4 rings (SSSR count). The molecule has 2 heterocycles. The molecule has 0 amide bonds. The molecule has 1 aromatic heterocycles. The second-order valence-electron chi connectivity index (χ2n) is 6.10. The second kappa shape index (κ2) is 3.66. The lowest BCUT2D eigenvalue weighted by molar-refractivity contribution is 0.159. The number of benzene rings is 1. The van der Waals surface area contributed by atoms with Crippen LogP contribution in [0, 0.1) is 0 Å². The minimum atomic E-state index is -0.218. The van der Waals surface area contributed by atoms with Gasteiger partial charge in [0, 0.05) is 22.9 Å². The summed E-state index contributed by atoms with van der Waals surface area (Å²) in [6.07, 6.45) is 9.06. The molecule has 0 atom stereocenters. The molecular weight excluding hydrogens is 236 g/mol. The highest BCUT2D eigenvalue weighted by atomic mass is 16.5. The van der Waals surface area contributed by atoms with Gasteiger partial charge in [0.1, 0.15) is 22.7 Å². The zero-order valence-electron chi connectivity index (χ0n) is 11.5. The average Bonchev–Trinajstić information content (AvgIpc) is 2.76. The monoisotopic (exact) mass is 254 g/mol. The number of hydrogen-bond acceptors (Lipinski definition) is 2. The van der Waals surface area contributed by atoms with Gasteiger partial charge in [-0.25, -0.2) is 0 Å². The summed E-state index contributed by atoms with van der Waals surface area (Å²) in [6.45, 7) is 4.17. The molecule has 0 N–H and O–H groups in total. The molecule has 2 aliphatic rings. The lowest BCUT2D eigenvalue weighted by atomic mass is 9.92. The van der Waals surface area contributed by atoms with E-state index in [1.54, 1.807) is 0 Å². The Labute approximate surface area is 113 Å². The van der Waals surface area contributed by atoms with Crippen molar-refractivity contribution in [3.63, 3.8) is 0 Å². The van der Waals surface area contributed by atoms with E-state index in [0.29, 0.717) is 0 Å². The minimum absolute atomic E-state index is 0.218. The number of ether oxygens (including phenoxy) is 1. The van der Waals surface area contributed by atoms with E-state index < -0.39 is 0 Å². The minimum Gasteiger partial charge on any atom is -0.483 e. The maximum absolute atomic E-state index is 6.06. The molecule has 2 aromatic rings. The van der Waals surface area contributed by atoms with E-state index in [1.165, 1.54) is 35.1 Å². The fourth-order valence-corrected chi connectivity index (χ4v) is 3.22. The topological polar surface area (TPSA) is 22.4 Å². The van der Waals surface area contributed by atoms with Crippen molar-refractivity contribution in [2.75, 3.05) is 0 Å². The lowest BCUT2D eigenvalue weighted by Crippen LogP contribution is -2.27. The van der Waals surface area contributed by atoms with Gasteiger partial charge < -0.3 is 9.15 Å². The smallest absolute Gasteiger partial charge is 0.135 e. The van der Waals surface area contributed by atoms with Crippen LogP contribution in [-0.2, 0) is 12.8 Å². The van der Waals surface area contributed by atoms with Crippen molar-refractivity contribution in [3.8, 4) is 5.75 Å². The summed E-state index contributed by atoms with van der Waals surface area (Å²) in [6, 6.07) is 4.10. The van der Waals surface area contributed by atoms with E-state index in [9.17, 15) is 0 Å². The second-order valence-corrected chi connectivity index (χ2v) is 6.10. The van der Waals surface area contributed by atoms with Gasteiger partial charge >= 0.3 is 0 Å². The predicted molar refractivity (Wildman–Crippen MR) is 76.6 cm³/mol. The molecule has 0 saturated heterocycles. The summed E-state index contributed by atoms with van der Waals surface area (Å²) in [5, 5.41) is 1.28. The molecule has 1 aromatic carbocycles. The number of rotatable bonds is 0. The van der Waals surface area contributed by atoms with Gasteiger partial charge in [0.2, 0.25) is 0 Å². The zero-order chi connectivity index (χ0) is 13.0. The highest BCUT2D eigenvalue weighted by molar-refractivity contribution is 5.94.